The number of aliphatic hydroxyl groups excluding tert-OH is 2. The lowest BCUT2D eigenvalue weighted by Gasteiger charge is -2.37. The van der Waals surface area contributed by atoms with Crippen LogP contribution in [0.4, 0.5) is 0 Å². The molecule has 0 amide bonds. The van der Waals surface area contributed by atoms with Crippen LogP contribution in [0.3, 0.4) is 0 Å². The Balaban J connectivity index is 1.72. The lowest BCUT2D eigenvalue weighted by atomic mass is 9.74. The third-order valence-electron chi connectivity index (χ3n) is 5.03. The Morgan fingerprint density at radius 3 is 2.39 bits per heavy atom. The van der Waals surface area contributed by atoms with Crippen molar-refractivity contribution >= 4 is 0 Å². The van der Waals surface area contributed by atoms with Crippen molar-refractivity contribution < 1.29 is 10.2 Å². The van der Waals surface area contributed by atoms with Crippen molar-refractivity contribution in [2.75, 3.05) is 19.7 Å². The van der Waals surface area contributed by atoms with E-state index in [4.69, 9.17) is 0 Å². The Kier molecular flexibility index (Phi) is 5.46. The van der Waals surface area contributed by atoms with E-state index in [9.17, 15) is 10.2 Å². The molecule has 3 N–H and O–H groups in total. The van der Waals surface area contributed by atoms with Crippen molar-refractivity contribution in [3.8, 4) is 0 Å². The summed E-state index contributed by atoms with van der Waals surface area (Å²) in [5, 5.41) is 23.1. The monoisotopic (exact) mass is 255 g/mol. The summed E-state index contributed by atoms with van der Waals surface area (Å²) in [6, 6.07) is 0. The third kappa shape index (κ3) is 3.69. The van der Waals surface area contributed by atoms with E-state index in [-0.39, 0.29) is 11.5 Å². The molecule has 0 saturated heterocycles. The quantitative estimate of drug-likeness (QED) is 0.705. The number of hydrogen-bond donors (Lipinski definition) is 3. The summed E-state index contributed by atoms with van der Waals surface area (Å²) in [5.41, 5.74) is 0.123. The number of rotatable bonds is 5. The number of nitrogens with one attached hydrogen (secondary N) is 1. The highest BCUT2D eigenvalue weighted by Gasteiger charge is 2.31. The highest BCUT2D eigenvalue weighted by atomic mass is 16.3. The zero-order valence-electron chi connectivity index (χ0n) is 11.5. The molecule has 0 aromatic heterocycles. The first-order chi connectivity index (χ1) is 8.76. The van der Waals surface area contributed by atoms with Crippen LogP contribution < -0.4 is 5.32 Å². The molecule has 0 aromatic carbocycles. The normalized spacial score (nSPS) is 32.3. The van der Waals surface area contributed by atoms with Crippen LogP contribution in [0, 0.1) is 11.3 Å². The van der Waals surface area contributed by atoms with Gasteiger partial charge in [0.1, 0.15) is 0 Å². The molecular formula is C15H29NO2. The maximum Gasteiger partial charge on any atom is 0.0580 e. The lowest BCUT2D eigenvalue weighted by molar-refractivity contribution is 0.0564. The molecule has 0 spiro atoms. The van der Waals surface area contributed by atoms with Gasteiger partial charge in [-0.15, -0.1) is 0 Å². The van der Waals surface area contributed by atoms with Crippen molar-refractivity contribution in [2.24, 2.45) is 11.3 Å². The Morgan fingerprint density at radius 2 is 1.72 bits per heavy atom. The Morgan fingerprint density at radius 1 is 1.00 bits per heavy atom. The molecule has 2 aliphatic rings. The average Bonchev–Trinajstić information content (AvgIpc) is 2.42. The van der Waals surface area contributed by atoms with Gasteiger partial charge in [-0.05, 0) is 31.6 Å². The zero-order chi connectivity index (χ0) is 12.8. The molecule has 3 heteroatoms. The van der Waals surface area contributed by atoms with Crippen LogP contribution >= 0.6 is 0 Å². The van der Waals surface area contributed by atoms with Crippen LogP contribution in [0.15, 0.2) is 0 Å². The molecule has 0 bridgehead atoms. The molecule has 18 heavy (non-hydrogen) atoms. The Labute approximate surface area is 111 Å². The van der Waals surface area contributed by atoms with E-state index in [0.29, 0.717) is 12.5 Å². The highest BCUT2D eigenvalue weighted by Crippen LogP contribution is 2.35. The minimum Gasteiger partial charge on any atom is -0.396 e. The second-order valence-corrected chi connectivity index (χ2v) is 6.46. The van der Waals surface area contributed by atoms with Crippen molar-refractivity contribution in [1.82, 2.24) is 5.32 Å². The van der Waals surface area contributed by atoms with Crippen LogP contribution in [0.2, 0.25) is 0 Å². The van der Waals surface area contributed by atoms with Crippen molar-refractivity contribution in [3.05, 3.63) is 0 Å². The SMILES string of the molecule is OCC1(CNCC2CCCCC2O)CCCCC1. The molecule has 0 aromatic rings. The molecule has 2 saturated carbocycles. The second kappa shape index (κ2) is 6.88. The molecular weight excluding hydrogens is 226 g/mol. The summed E-state index contributed by atoms with van der Waals surface area (Å²) in [6.45, 7) is 2.16. The van der Waals surface area contributed by atoms with Gasteiger partial charge in [0.15, 0.2) is 0 Å². The first-order valence-corrected chi connectivity index (χ1v) is 7.75. The largest absolute Gasteiger partial charge is 0.396 e. The molecule has 106 valence electrons. The van der Waals surface area contributed by atoms with Gasteiger partial charge in [0.2, 0.25) is 0 Å². The molecule has 2 aliphatic carbocycles. The summed E-state index contributed by atoms with van der Waals surface area (Å²) >= 11 is 0. The fourth-order valence-corrected chi connectivity index (χ4v) is 3.64. The van der Waals surface area contributed by atoms with Gasteiger partial charge >= 0.3 is 0 Å². The van der Waals surface area contributed by atoms with Crippen LogP contribution in [-0.2, 0) is 0 Å². The zero-order valence-corrected chi connectivity index (χ0v) is 11.5. The smallest absolute Gasteiger partial charge is 0.0580 e. The summed E-state index contributed by atoms with van der Waals surface area (Å²) in [6.07, 6.45) is 10.6. The fourth-order valence-electron chi connectivity index (χ4n) is 3.64. The topological polar surface area (TPSA) is 52.5 Å². The minimum atomic E-state index is -0.109. The van der Waals surface area contributed by atoms with Crippen molar-refractivity contribution in [2.45, 2.75) is 63.9 Å². The second-order valence-electron chi connectivity index (χ2n) is 6.46. The van der Waals surface area contributed by atoms with Gasteiger partial charge in [0.25, 0.3) is 0 Å². The van der Waals surface area contributed by atoms with Crippen LogP contribution in [0.5, 0.6) is 0 Å². The Hall–Kier alpha value is -0.120. The van der Waals surface area contributed by atoms with Gasteiger partial charge in [0, 0.05) is 25.1 Å². The van der Waals surface area contributed by atoms with E-state index in [2.05, 4.69) is 5.32 Å². The van der Waals surface area contributed by atoms with Gasteiger partial charge in [-0.3, -0.25) is 0 Å². The summed E-state index contributed by atoms with van der Waals surface area (Å²) in [5.74, 6) is 0.429. The lowest BCUT2D eigenvalue weighted by Crippen LogP contribution is -2.42. The van der Waals surface area contributed by atoms with E-state index in [0.717, 1.165) is 38.8 Å². The van der Waals surface area contributed by atoms with E-state index >= 15 is 0 Å². The first kappa shape index (κ1) is 14.3. The fraction of sp³-hybridized carbons (Fsp3) is 1.00. The average molecular weight is 255 g/mol. The van der Waals surface area contributed by atoms with E-state index < -0.39 is 0 Å². The van der Waals surface area contributed by atoms with Crippen molar-refractivity contribution in [3.63, 3.8) is 0 Å². The van der Waals surface area contributed by atoms with Gasteiger partial charge < -0.3 is 15.5 Å². The van der Waals surface area contributed by atoms with Gasteiger partial charge in [-0.1, -0.05) is 32.1 Å². The number of hydrogen-bond acceptors (Lipinski definition) is 3. The molecule has 0 aliphatic heterocycles. The number of aliphatic hydroxyl groups is 2. The van der Waals surface area contributed by atoms with Crippen LogP contribution in [0.1, 0.15) is 57.8 Å². The maximum absolute atomic E-state index is 9.94. The molecule has 2 unspecified atom stereocenters. The van der Waals surface area contributed by atoms with E-state index in [1.54, 1.807) is 0 Å². The summed E-state index contributed by atoms with van der Waals surface area (Å²) in [4.78, 5) is 0. The van der Waals surface area contributed by atoms with Crippen molar-refractivity contribution in [1.29, 1.82) is 0 Å². The van der Waals surface area contributed by atoms with E-state index in [1.165, 1.54) is 32.1 Å². The molecule has 2 fully saturated rings. The van der Waals surface area contributed by atoms with Crippen LogP contribution in [0.25, 0.3) is 0 Å². The molecule has 0 heterocycles. The molecule has 3 nitrogen and oxygen atoms in total. The minimum absolute atomic E-state index is 0.109. The van der Waals surface area contributed by atoms with Gasteiger partial charge in [-0.25, -0.2) is 0 Å². The van der Waals surface area contributed by atoms with Gasteiger partial charge in [0.05, 0.1) is 6.10 Å². The predicted molar refractivity (Wildman–Crippen MR) is 73.4 cm³/mol. The first-order valence-electron chi connectivity index (χ1n) is 7.75. The standard InChI is InChI=1S/C15H29NO2/c17-12-15(8-4-1-5-9-15)11-16-10-13-6-2-3-7-14(13)18/h13-14,16-18H,1-12H2. The summed E-state index contributed by atoms with van der Waals surface area (Å²) < 4.78 is 0. The third-order valence-corrected chi connectivity index (χ3v) is 5.03. The molecule has 0 radical (unpaired) electrons. The van der Waals surface area contributed by atoms with Crippen LogP contribution in [-0.4, -0.2) is 36.0 Å². The van der Waals surface area contributed by atoms with E-state index in [1.807, 2.05) is 0 Å². The maximum atomic E-state index is 9.94. The van der Waals surface area contributed by atoms with Gasteiger partial charge in [-0.2, -0.15) is 0 Å². The Bertz CT molecular complexity index is 239. The molecule has 2 rings (SSSR count). The predicted octanol–water partition coefficient (Wildman–Crippen LogP) is 2.07. The summed E-state index contributed by atoms with van der Waals surface area (Å²) in [7, 11) is 0. The molecule has 2 atom stereocenters. The highest BCUT2D eigenvalue weighted by molar-refractivity contribution is 4.85.